The smallest absolute Gasteiger partial charge is 0.191 e. The molecule has 1 unspecified atom stereocenters. The van der Waals surface area contributed by atoms with E-state index in [2.05, 4.69) is 52.2 Å². The van der Waals surface area contributed by atoms with Crippen molar-refractivity contribution in [3.8, 4) is 0 Å². The van der Waals surface area contributed by atoms with E-state index < -0.39 is 0 Å². The molecule has 2 N–H and O–H groups in total. The van der Waals surface area contributed by atoms with Crippen molar-refractivity contribution in [2.75, 3.05) is 19.6 Å². The lowest BCUT2D eigenvalue weighted by Gasteiger charge is -2.13. The fourth-order valence-corrected chi connectivity index (χ4v) is 3.65. The average Bonchev–Trinajstić information content (AvgIpc) is 3.30. The van der Waals surface area contributed by atoms with Crippen molar-refractivity contribution >= 4 is 22.9 Å². The van der Waals surface area contributed by atoms with Crippen molar-refractivity contribution in [1.29, 1.82) is 0 Å². The molecule has 6 nitrogen and oxygen atoms in total. The van der Waals surface area contributed by atoms with Gasteiger partial charge < -0.3 is 10.6 Å². The zero-order chi connectivity index (χ0) is 18.2. The Hall–Kier alpha value is -2.41. The maximum Gasteiger partial charge on any atom is 0.191 e. The fourth-order valence-electron chi connectivity index (χ4n) is 2.78. The second kappa shape index (κ2) is 9.33. The predicted molar refractivity (Wildman–Crippen MR) is 108 cm³/mol. The third-order valence-electron chi connectivity index (χ3n) is 4.06. The van der Waals surface area contributed by atoms with Gasteiger partial charge in [-0.2, -0.15) is 0 Å². The molecule has 3 rings (SSSR count). The topological polar surface area (TPSA) is 66.6 Å². The second-order valence-corrected chi connectivity index (χ2v) is 7.36. The summed E-state index contributed by atoms with van der Waals surface area (Å²) in [7, 11) is 0. The number of aliphatic imine (C=N–C) groups is 1. The Bertz CT molecular complexity index is 824. The molecule has 3 heterocycles. The molecule has 1 atom stereocenters. The summed E-state index contributed by atoms with van der Waals surface area (Å²) >= 11 is 1.81. The minimum Gasteiger partial charge on any atom is -0.357 e. The SMILES string of the molecule is CCNC(=NCC(C)Cc1cccs1)NCCc1nnc2ccccn12. The molecule has 0 aliphatic heterocycles. The summed E-state index contributed by atoms with van der Waals surface area (Å²) in [5.74, 6) is 2.33. The Morgan fingerprint density at radius 1 is 1.23 bits per heavy atom. The van der Waals surface area contributed by atoms with Crippen LogP contribution in [0.15, 0.2) is 46.9 Å². The normalized spacial score (nSPS) is 13.1. The largest absolute Gasteiger partial charge is 0.357 e. The molecular formula is C19H26N6S. The third-order valence-corrected chi connectivity index (χ3v) is 4.96. The summed E-state index contributed by atoms with van der Waals surface area (Å²) in [5, 5.41) is 17.3. The van der Waals surface area contributed by atoms with Gasteiger partial charge in [-0.15, -0.1) is 21.5 Å². The highest BCUT2D eigenvalue weighted by Gasteiger charge is 2.07. The molecule has 0 spiro atoms. The maximum absolute atomic E-state index is 4.73. The zero-order valence-electron chi connectivity index (χ0n) is 15.4. The first kappa shape index (κ1) is 18.4. The molecule has 0 saturated heterocycles. The van der Waals surface area contributed by atoms with Crippen LogP contribution >= 0.6 is 11.3 Å². The summed E-state index contributed by atoms with van der Waals surface area (Å²) in [6.07, 6.45) is 3.86. The molecule has 0 aliphatic carbocycles. The number of hydrogen-bond donors (Lipinski definition) is 2. The highest BCUT2D eigenvalue weighted by atomic mass is 32.1. The molecule has 0 radical (unpaired) electrons. The van der Waals surface area contributed by atoms with Gasteiger partial charge in [0.05, 0.1) is 0 Å². The first-order valence-corrected chi connectivity index (χ1v) is 9.97. The van der Waals surface area contributed by atoms with Crippen LogP contribution in [-0.2, 0) is 12.8 Å². The van der Waals surface area contributed by atoms with Crippen LogP contribution < -0.4 is 10.6 Å². The number of rotatable bonds is 8. The number of guanidine groups is 1. The molecule has 0 fully saturated rings. The number of thiophene rings is 1. The van der Waals surface area contributed by atoms with E-state index >= 15 is 0 Å². The molecule has 3 aromatic rings. The first-order valence-electron chi connectivity index (χ1n) is 9.09. The number of nitrogens with zero attached hydrogens (tertiary/aromatic N) is 4. The second-order valence-electron chi connectivity index (χ2n) is 6.33. The van der Waals surface area contributed by atoms with E-state index in [9.17, 15) is 0 Å². The Balaban J connectivity index is 1.51. The monoisotopic (exact) mass is 370 g/mol. The van der Waals surface area contributed by atoms with E-state index in [0.29, 0.717) is 5.92 Å². The molecule has 0 aliphatic rings. The quantitative estimate of drug-likeness (QED) is 0.473. The van der Waals surface area contributed by atoms with E-state index in [0.717, 1.165) is 49.9 Å². The van der Waals surface area contributed by atoms with Crippen LogP contribution in [0.2, 0.25) is 0 Å². The summed E-state index contributed by atoms with van der Waals surface area (Å²) in [4.78, 5) is 6.15. The highest BCUT2D eigenvalue weighted by Crippen LogP contribution is 2.14. The molecule has 3 aromatic heterocycles. The van der Waals surface area contributed by atoms with Gasteiger partial charge in [0.25, 0.3) is 0 Å². The van der Waals surface area contributed by atoms with Gasteiger partial charge in [-0.1, -0.05) is 19.1 Å². The van der Waals surface area contributed by atoms with Gasteiger partial charge in [-0.05, 0) is 42.8 Å². The van der Waals surface area contributed by atoms with Gasteiger partial charge in [0.2, 0.25) is 0 Å². The molecule has 26 heavy (non-hydrogen) atoms. The van der Waals surface area contributed by atoms with Crippen molar-refractivity contribution in [3.05, 3.63) is 52.6 Å². The van der Waals surface area contributed by atoms with Crippen LogP contribution in [0.4, 0.5) is 0 Å². The van der Waals surface area contributed by atoms with Gasteiger partial charge in [-0.25, -0.2) is 0 Å². The van der Waals surface area contributed by atoms with Crippen LogP contribution in [-0.4, -0.2) is 40.2 Å². The van der Waals surface area contributed by atoms with Crippen LogP contribution in [0.1, 0.15) is 24.5 Å². The Labute approximate surface area is 158 Å². The fraction of sp³-hybridized carbons (Fsp3) is 0.421. The van der Waals surface area contributed by atoms with Crippen LogP contribution in [0, 0.1) is 5.92 Å². The van der Waals surface area contributed by atoms with Gasteiger partial charge in [0, 0.05) is 37.1 Å². The maximum atomic E-state index is 4.73. The lowest BCUT2D eigenvalue weighted by Crippen LogP contribution is -2.38. The molecular weight excluding hydrogens is 344 g/mol. The Morgan fingerprint density at radius 2 is 2.15 bits per heavy atom. The summed E-state index contributed by atoms with van der Waals surface area (Å²) in [5.41, 5.74) is 0.880. The minimum atomic E-state index is 0.518. The van der Waals surface area contributed by atoms with E-state index in [1.54, 1.807) is 0 Å². The van der Waals surface area contributed by atoms with Gasteiger partial charge in [0.1, 0.15) is 5.82 Å². The summed E-state index contributed by atoms with van der Waals surface area (Å²) in [6.45, 7) is 6.74. The van der Waals surface area contributed by atoms with E-state index in [1.165, 1.54) is 4.88 Å². The van der Waals surface area contributed by atoms with Crippen LogP contribution in [0.3, 0.4) is 0 Å². The zero-order valence-corrected chi connectivity index (χ0v) is 16.2. The number of nitrogens with one attached hydrogen (secondary N) is 2. The van der Waals surface area contributed by atoms with Crippen molar-refractivity contribution in [3.63, 3.8) is 0 Å². The van der Waals surface area contributed by atoms with E-state index in [1.807, 2.05) is 40.1 Å². The van der Waals surface area contributed by atoms with Gasteiger partial charge in [-0.3, -0.25) is 9.39 Å². The minimum absolute atomic E-state index is 0.518. The standard InChI is InChI=1S/C19H26N6S/c1-3-20-19(22-14-15(2)13-16-7-6-12-26-16)21-10-9-18-24-23-17-8-4-5-11-25(17)18/h4-8,11-12,15H,3,9-10,13-14H2,1-2H3,(H2,20,21,22). The van der Waals surface area contributed by atoms with E-state index in [4.69, 9.17) is 4.99 Å². The van der Waals surface area contributed by atoms with Gasteiger partial charge in [0.15, 0.2) is 11.6 Å². The molecule has 0 saturated carbocycles. The Kier molecular flexibility index (Phi) is 6.60. The van der Waals surface area contributed by atoms with Crippen molar-refractivity contribution < 1.29 is 0 Å². The van der Waals surface area contributed by atoms with Crippen molar-refractivity contribution in [2.24, 2.45) is 10.9 Å². The molecule has 138 valence electrons. The highest BCUT2D eigenvalue weighted by molar-refractivity contribution is 7.09. The number of aromatic nitrogens is 3. The Morgan fingerprint density at radius 3 is 2.96 bits per heavy atom. The van der Waals surface area contributed by atoms with Crippen molar-refractivity contribution in [2.45, 2.75) is 26.7 Å². The lowest BCUT2D eigenvalue weighted by molar-refractivity contribution is 0.594. The summed E-state index contributed by atoms with van der Waals surface area (Å²) in [6, 6.07) is 10.2. The lowest BCUT2D eigenvalue weighted by atomic mass is 10.1. The van der Waals surface area contributed by atoms with Crippen molar-refractivity contribution in [1.82, 2.24) is 25.2 Å². The van der Waals surface area contributed by atoms with Gasteiger partial charge >= 0.3 is 0 Å². The molecule has 0 bridgehead atoms. The molecule has 0 amide bonds. The number of pyridine rings is 1. The number of fused-ring (bicyclic) bond motifs is 1. The average molecular weight is 371 g/mol. The number of hydrogen-bond acceptors (Lipinski definition) is 4. The molecule has 0 aromatic carbocycles. The van der Waals surface area contributed by atoms with Crippen LogP contribution in [0.25, 0.3) is 5.65 Å². The third kappa shape index (κ3) is 5.05. The first-order chi connectivity index (χ1) is 12.8. The van der Waals surface area contributed by atoms with E-state index in [-0.39, 0.29) is 0 Å². The summed E-state index contributed by atoms with van der Waals surface area (Å²) < 4.78 is 2.02. The predicted octanol–water partition coefficient (Wildman–Crippen LogP) is 2.77. The molecule has 7 heteroatoms. The van der Waals surface area contributed by atoms with Crippen LogP contribution in [0.5, 0.6) is 0 Å².